The molecule has 1 N–H and O–H groups in total. The quantitative estimate of drug-likeness (QED) is 0.622. The highest BCUT2D eigenvalue weighted by atomic mass is 19.1. The van der Waals surface area contributed by atoms with Gasteiger partial charge in [0.15, 0.2) is 0 Å². The predicted molar refractivity (Wildman–Crippen MR) is 121 cm³/mol. The number of fused-ring (bicyclic) bond motifs is 1. The SMILES string of the molecule is O=C(c1cnc(N2CCc3ccccc32)nc1OCc1ccc(F)cc1)N1CCC[C@H]1CO. The molecule has 2 aliphatic rings. The fourth-order valence-corrected chi connectivity index (χ4v) is 4.47. The van der Waals surface area contributed by atoms with Crippen molar-refractivity contribution in [3.63, 3.8) is 0 Å². The first-order valence-electron chi connectivity index (χ1n) is 11.2. The van der Waals surface area contributed by atoms with Gasteiger partial charge in [-0.3, -0.25) is 4.79 Å². The second kappa shape index (κ2) is 9.15. The number of rotatable bonds is 6. The minimum Gasteiger partial charge on any atom is -0.472 e. The molecule has 7 nitrogen and oxygen atoms in total. The van der Waals surface area contributed by atoms with Crippen LogP contribution >= 0.6 is 0 Å². The maximum absolute atomic E-state index is 13.3. The Labute approximate surface area is 191 Å². The van der Waals surface area contributed by atoms with Crippen molar-refractivity contribution < 1.29 is 19.0 Å². The fourth-order valence-electron chi connectivity index (χ4n) is 4.47. The second-order valence-corrected chi connectivity index (χ2v) is 8.31. The Morgan fingerprint density at radius 1 is 1.15 bits per heavy atom. The van der Waals surface area contributed by atoms with E-state index in [-0.39, 0.29) is 42.4 Å². The van der Waals surface area contributed by atoms with Crippen molar-refractivity contribution >= 4 is 17.5 Å². The van der Waals surface area contributed by atoms with E-state index in [9.17, 15) is 14.3 Å². The van der Waals surface area contributed by atoms with E-state index in [1.165, 1.54) is 23.9 Å². The average molecular weight is 448 g/mol. The van der Waals surface area contributed by atoms with E-state index in [2.05, 4.69) is 16.0 Å². The molecule has 1 fully saturated rings. The lowest BCUT2D eigenvalue weighted by Gasteiger charge is -2.24. The molecule has 0 aliphatic carbocycles. The molecule has 0 unspecified atom stereocenters. The van der Waals surface area contributed by atoms with E-state index in [0.29, 0.717) is 12.5 Å². The third-order valence-corrected chi connectivity index (χ3v) is 6.24. The second-order valence-electron chi connectivity index (χ2n) is 8.31. The number of benzene rings is 2. The molecule has 2 aliphatic heterocycles. The Morgan fingerprint density at radius 3 is 2.79 bits per heavy atom. The van der Waals surface area contributed by atoms with Gasteiger partial charge in [-0.25, -0.2) is 9.37 Å². The van der Waals surface area contributed by atoms with Crippen LogP contribution < -0.4 is 9.64 Å². The molecule has 3 heterocycles. The highest BCUT2D eigenvalue weighted by Crippen LogP contribution is 2.34. The van der Waals surface area contributed by atoms with E-state index in [0.717, 1.165) is 37.1 Å². The topological polar surface area (TPSA) is 78.8 Å². The molecule has 3 aromatic rings. The number of carbonyl (C=O) groups is 1. The smallest absolute Gasteiger partial charge is 0.261 e. The third-order valence-electron chi connectivity index (χ3n) is 6.24. The minimum atomic E-state index is -0.323. The Hall–Kier alpha value is -3.52. The summed E-state index contributed by atoms with van der Waals surface area (Å²) in [5.74, 6) is 0.0674. The molecule has 0 saturated carbocycles. The number of aliphatic hydroxyl groups is 1. The van der Waals surface area contributed by atoms with E-state index < -0.39 is 0 Å². The van der Waals surface area contributed by atoms with Crippen LogP contribution in [0.4, 0.5) is 16.0 Å². The lowest BCUT2D eigenvalue weighted by molar-refractivity contribution is 0.0671. The van der Waals surface area contributed by atoms with Crippen LogP contribution in [-0.4, -0.2) is 51.6 Å². The van der Waals surface area contributed by atoms with Crippen molar-refractivity contribution in [1.82, 2.24) is 14.9 Å². The predicted octanol–water partition coefficient (Wildman–Crippen LogP) is 3.49. The summed E-state index contributed by atoms with van der Waals surface area (Å²) >= 11 is 0. The molecule has 1 saturated heterocycles. The van der Waals surface area contributed by atoms with Crippen LogP contribution in [-0.2, 0) is 13.0 Å². The summed E-state index contributed by atoms with van der Waals surface area (Å²) in [6, 6.07) is 13.9. The maximum atomic E-state index is 13.3. The molecule has 33 heavy (non-hydrogen) atoms. The van der Waals surface area contributed by atoms with Crippen LogP contribution in [0.5, 0.6) is 5.88 Å². The first-order chi connectivity index (χ1) is 16.1. The number of carbonyl (C=O) groups excluding carboxylic acids is 1. The molecule has 2 aromatic carbocycles. The first-order valence-corrected chi connectivity index (χ1v) is 11.2. The number of amides is 1. The molecule has 8 heteroatoms. The van der Waals surface area contributed by atoms with Crippen LogP contribution in [0.2, 0.25) is 0 Å². The average Bonchev–Trinajstić information content (AvgIpc) is 3.50. The zero-order chi connectivity index (χ0) is 22.8. The van der Waals surface area contributed by atoms with Crippen molar-refractivity contribution in [3.05, 3.63) is 77.2 Å². The molecule has 0 bridgehead atoms. The van der Waals surface area contributed by atoms with Crippen molar-refractivity contribution in [1.29, 1.82) is 0 Å². The van der Waals surface area contributed by atoms with Crippen LogP contribution in [0, 0.1) is 5.82 Å². The van der Waals surface area contributed by atoms with Gasteiger partial charge in [0, 0.05) is 25.0 Å². The number of hydrogen-bond donors (Lipinski definition) is 1. The van der Waals surface area contributed by atoms with Gasteiger partial charge in [0.2, 0.25) is 11.8 Å². The molecule has 0 spiro atoms. The summed E-state index contributed by atoms with van der Waals surface area (Å²) in [6.07, 6.45) is 4.00. The zero-order valence-electron chi connectivity index (χ0n) is 18.2. The van der Waals surface area contributed by atoms with Crippen molar-refractivity contribution in [2.45, 2.75) is 31.9 Å². The summed E-state index contributed by atoms with van der Waals surface area (Å²) in [5.41, 5.74) is 3.28. The Balaban J connectivity index is 1.47. The van der Waals surface area contributed by atoms with Crippen LogP contribution in [0.15, 0.2) is 54.7 Å². The van der Waals surface area contributed by atoms with E-state index >= 15 is 0 Å². The number of halogens is 1. The highest BCUT2D eigenvalue weighted by Gasteiger charge is 2.32. The van der Waals surface area contributed by atoms with E-state index in [4.69, 9.17) is 4.74 Å². The third kappa shape index (κ3) is 4.26. The van der Waals surface area contributed by atoms with Gasteiger partial charge in [0.25, 0.3) is 5.91 Å². The molecule has 170 valence electrons. The number of ether oxygens (including phenoxy) is 1. The summed E-state index contributed by atoms with van der Waals surface area (Å²) < 4.78 is 19.3. The molecule has 1 atom stereocenters. The van der Waals surface area contributed by atoms with Crippen LogP contribution in [0.1, 0.15) is 34.3 Å². The summed E-state index contributed by atoms with van der Waals surface area (Å²) in [4.78, 5) is 26.1. The number of hydrogen-bond acceptors (Lipinski definition) is 6. The van der Waals surface area contributed by atoms with Crippen LogP contribution in [0.25, 0.3) is 0 Å². The largest absolute Gasteiger partial charge is 0.472 e. The van der Waals surface area contributed by atoms with Gasteiger partial charge in [-0.05, 0) is 48.6 Å². The number of aliphatic hydroxyl groups excluding tert-OH is 1. The van der Waals surface area contributed by atoms with Gasteiger partial charge >= 0.3 is 0 Å². The minimum absolute atomic E-state index is 0.0823. The monoisotopic (exact) mass is 448 g/mol. The number of para-hydroxylation sites is 1. The number of aromatic nitrogens is 2. The highest BCUT2D eigenvalue weighted by molar-refractivity contribution is 5.96. The van der Waals surface area contributed by atoms with Gasteiger partial charge < -0.3 is 19.6 Å². The maximum Gasteiger partial charge on any atom is 0.261 e. The molecular formula is C25H25FN4O3. The fraction of sp³-hybridized carbons (Fsp3) is 0.320. The molecule has 0 radical (unpaired) electrons. The lowest BCUT2D eigenvalue weighted by Crippen LogP contribution is -2.38. The van der Waals surface area contributed by atoms with Gasteiger partial charge in [-0.2, -0.15) is 4.98 Å². The van der Waals surface area contributed by atoms with Crippen molar-refractivity contribution in [3.8, 4) is 5.88 Å². The standard InChI is InChI=1S/C25H25FN4O3/c26-19-9-7-17(8-10-19)16-33-23-21(24(32)29-12-3-5-20(29)15-31)14-27-25(28-23)30-13-11-18-4-1-2-6-22(18)30/h1-2,4,6-10,14,20,31H,3,5,11-13,15-16H2/t20-/m0/s1. The molecule has 1 amide bonds. The first kappa shape index (κ1) is 21.3. The normalized spacial score (nSPS) is 17.3. The zero-order valence-corrected chi connectivity index (χ0v) is 18.2. The van der Waals surface area contributed by atoms with Gasteiger partial charge in [-0.1, -0.05) is 30.3 Å². The van der Waals surface area contributed by atoms with Gasteiger partial charge in [0.1, 0.15) is 18.0 Å². The molecule has 5 rings (SSSR count). The number of anilines is 2. The van der Waals surface area contributed by atoms with E-state index in [1.807, 2.05) is 23.1 Å². The Morgan fingerprint density at radius 2 is 1.97 bits per heavy atom. The number of likely N-dealkylation sites (tertiary alicyclic amines) is 1. The molecule has 1 aromatic heterocycles. The van der Waals surface area contributed by atoms with Gasteiger partial charge in [-0.15, -0.1) is 0 Å². The number of nitrogens with zero attached hydrogens (tertiary/aromatic N) is 4. The summed E-state index contributed by atoms with van der Waals surface area (Å²) in [7, 11) is 0. The van der Waals surface area contributed by atoms with Crippen molar-refractivity contribution in [2.24, 2.45) is 0 Å². The van der Waals surface area contributed by atoms with Gasteiger partial charge in [0.05, 0.1) is 12.6 Å². The van der Waals surface area contributed by atoms with Crippen LogP contribution in [0.3, 0.4) is 0 Å². The molecular weight excluding hydrogens is 423 g/mol. The van der Waals surface area contributed by atoms with Crippen molar-refractivity contribution in [2.75, 3.05) is 24.6 Å². The summed E-state index contributed by atoms with van der Waals surface area (Å²) in [6.45, 7) is 1.36. The van der Waals surface area contributed by atoms with E-state index in [1.54, 1.807) is 17.0 Å². The Bertz CT molecular complexity index is 1150. The lowest BCUT2D eigenvalue weighted by atomic mass is 10.2. The summed E-state index contributed by atoms with van der Waals surface area (Å²) in [5, 5.41) is 9.66. The Kier molecular flexibility index (Phi) is 5.92.